The number of nitrogens with one attached hydrogen (secondary N) is 1. The Bertz CT molecular complexity index is 473. The number of rotatable bonds is 3. The number of carboxylic acids is 1. The van der Waals surface area contributed by atoms with Gasteiger partial charge in [0.2, 0.25) is 0 Å². The van der Waals surface area contributed by atoms with Gasteiger partial charge in [-0.2, -0.15) is 0 Å². The Morgan fingerprint density at radius 3 is 2.53 bits per heavy atom. The number of aromatic nitrogens is 1. The van der Waals surface area contributed by atoms with Gasteiger partial charge in [-0.1, -0.05) is 13.8 Å². The first-order chi connectivity index (χ1) is 8.87. The lowest BCUT2D eigenvalue weighted by Crippen LogP contribution is -2.30. The Morgan fingerprint density at radius 1 is 1.37 bits per heavy atom. The molecule has 1 fully saturated rings. The predicted molar refractivity (Wildman–Crippen MR) is 75.6 cm³/mol. The fourth-order valence-electron chi connectivity index (χ4n) is 2.62. The number of nitrogens with zero attached hydrogens (tertiary/aromatic N) is 1. The monoisotopic (exact) mass is 262 g/mol. The van der Waals surface area contributed by atoms with Crippen molar-refractivity contribution < 1.29 is 9.90 Å². The lowest BCUT2D eigenvalue weighted by molar-refractivity contribution is 0.0695. The predicted octanol–water partition coefficient (Wildman–Crippen LogP) is 3.47. The number of hydrogen-bond acceptors (Lipinski definition) is 3. The van der Waals surface area contributed by atoms with Crippen molar-refractivity contribution in [3.63, 3.8) is 0 Å². The van der Waals surface area contributed by atoms with Crippen molar-refractivity contribution in [2.75, 3.05) is 5.32 Å². The van der Waals surface area contributed by atoms with E-state index in [1.165, 1.54) is 12.8 Å². The molecule has 2 N–H and O–H groups in total. The minimum absolute atomic E-state index is 0.273. The second-order valence-corrected chi connectivity index (χ2v) is 6.22. The lowest BCUT2D eigenvalue weighted by Gasteiger charge is -2.34. The molecule has 0 aliphatic heterocycles. The van der Waals surface area contributed by atoms with Crippen LogP contribution in [0.3, 0.4) is 0 Å². The summed E-state index contributed by atoms with van der Waals surface area (Å²) in [6, 6.07) is 3.84. The van der Waals surface area contributed by atoms with Gasteiger partial charge in [-0.3, -0.25) is 0 Å². The van der Waals surface area contributed by atoms with Crippen molar-refractivity contribution in [1.82, 2.24) is 4.98 Å². The van der Waals surface area contributed by atoms with Crippen LogP contribution in [-0.2, 0) is 0 Å². The zero-order chi connectivity index (χ0) is 14.0. The summed E-state index contributed by atoms with van der Waals surface area (Å²) >= 11 is 0. The van der Waals surface area contributed by atoms with Gasteiger partial charge in [-0.15, -0.1) is 0 Å². The first kappa shape index (κ1) is 13.8. The van der Waals surface area contributed by atoms with Gasteiger partial charge in [-0.05, 0) is 50.2 Å². The molecule has 0 radical (unpaired) electrons. The van der Waals surface area contributed by atoms with E-state index < -0.39 is 5.97 Å². The zero-order valence-corrected chi connectivity index (χ0v) is 11.9. The van der Waals surface area contributed by atoms with Crippen molar-refractivity contribution in [2.45, 2.75) is 52.5 Å². The standard InChI is InChI=1S/C15H22N2O2/c1-10-12(14(18)19)4-5-13(16-10)17-11-6-8-15(2,3)9-7-11/h4-5,11H,6-9H2,1-3H3,(H,16,17)(H,18,19). The van der Waals surface area contributed by atoms with Crippen LogP contribution in [0.4, 0.5) is 5.82 Å². The van der Waals surface area contributed by atoms with E-state index in [1.807, 2.05) is 0 Å². The molecule has 4 nitrogen and oxygen atoms in total. The molecule has 1 aliphatic carbocycles. The van der Waals surface area contributed by atoms with Crippen LogP contribution in [0.5, 0.6) is 0 Å². The maximum atomic E-state index is 10.9. The van der Waals surface area contributed by atoms with Crippen LogP contribution in [0, 0.1) is 12.3 Å². The van der Waals surface area contributed by atoms with Crippen LogP contribution >= 0.6 is 0 Å². The lowest BCUT2D eigenvalue weighted by atomic mass is 9.75. The number of hydrogen-bond donors (Lipinski definition) is 2. The number of pyridine rings is 1. The Labute approximate surface area is 114 Å². The van der Waals surface area contributed by atoms with Crippen LogP contribution in [0.15, 0.2) is 12.1 Å². The highest BCUT2D eigenvalue weighted by atomic mass is 16.4. The third-order valence-corrected chi connectivity index (χ3v) is 4.01. The van der Waals surface area contributed by atoms with Crippen LogP contribution < -0.4 is 5.32 Å². The average Bonchev–Trinajstić information content (AvgIpc) is 2.31. The van der Waals surface area contributed by atoms with Crippen LogP contribution in [-0.4, -0.2) is 22.1 Å². The third-order valence-electron chi connectivity index (χ3n) is 4.01. The molecule has 1 aromatic heterocycles. The van der Waals surface area contributed by atoms with Crippen molar-refractivity contribution in [1.29, 1.82) is 0 Å². The first-order valence-electron chi connectivity index (χ1n) is 6.85. The van der Waals surface area contributed by atoms with E-state index in [9.17, 15) is 4.79 Å². The van der Waals surface area contributed by atoms with E-state index >= 15 is 0 Å². The minimum atomic E-state index is -0.920. The fourth-order valence-corrected chi connectivity index (χ4v) is 2.62. The first-order valence-corrected chi connectivity index (χ1v) is 6.85. The van der Waals surface area contributed by atoms with E-state index in [1.54, 1.807) is 19.1 Å². The Hall–Kier alpha value is -1.58. The van der Waals surface area contributed by atoms with Crippen molar-refractivity contribution in [2.24, 2.45) is 5.41 Å². The normalized spacial score (nSPS) is 19.1. The molecule has 19 heavy (non-hydrogen) atoms. The van der Waals surface area contributed by atoms with Gasteiger partial charge in [0.25, 0.3) is 0 Å². The summed E-state index contributed by atoms with van der Waals surface area (Å²) in [4.78, 5) is 15.3. The second kappa shape index (κ2) is 5.19. The van der Waals surface area contributed by atoms with Crippen LogP contribution in [0.1, 0.15) is 55.6 Å². The molecule has 4 heteroatoms. The highest BCUT2D eigenvalue weighted by molar-refractivity contribution is 5.89. The summed E-state index contributed by atoms with van der Waals surface area (Å²) in [5.41, 5.74) is 1.29. The molecule has 1 aromatic rings. The van der Waals surface area contributed by atoms with E-state index in [-0.39, 0.29) is 5.56 Å². The number of aromatic carboxylic acids is 1. The Balaban J connectivity index is 2.01. The molecule has 0 unspecified atom stereocenters. The largest absolute Gasteiger partial charge is 0.478 e. The van der Waals surface area contributed by atoms with Gasteiger partial charge < -0.3 is 10.4 Å². The highest BCUT2D eigenvalue weighted by Crippen LogP contribution is 2.35. The van der Waals surface area contributed by atoms with Gasteiger partial charge in [-0.25, -0.2) is 9.78 Å². The molecule has 1 saturated carbocycles. The maximum Gasteiger partial charge on any atom is 0.337 e. The van der Waals surface area contributed by atoms with Gasteiger partial charge >= 0.3 is 5.97 Å². The maximum absolute atomic E-state index is 10.9. The zero-order valence-electron chi connectivity index (χ0n) is 11.9. The van der Waals surface area contributed by atoms with Crippen molar-refractivity contribution >= 4 is 11.8 Å². The Morgan fingerprint density at radius 2 is 2.00 bits per heavy atom. The van der Waals surface area contributed by atoms with Crippen LogP contribution in [0.2, 0.25) is 0 Å². The number of carbonyl (C=O) groups is 1. The Kier molecular flexibility index (Phi) is 3.78. The van der Waals surface area contributed by atoms with Crippen molar-refractivity contribution in [3.05, 3.63) is 23.4 Å². The van der Waals surface area contributed by atoms with Gasteiger partial charge in [0.05, 0.1) is 11.3 Å². The highest BCUT2D eigenvalue weighted by Gasteiger charge is 2.26. The van der Waals surface area contributed by atoms with Crippen molar-refractivity contribution in [3.8, 4) is 0 Å². The summed E-state index contributed by atoms with van der Waals surface area (Å²) in [7, 11) is 0. The third kappa shape index (κ3) is 3.46. The molecule has 0 aromatic carbocycles. The number of carboxylic acid groups (broad SMARTS) is 1. The summed E-state index contributed by atoms with van der Waals surface area (Å²) < 4.78 is 0. The average molecular weight is 262 g/mol. The fraction of sp³-hybridized carbons (Fsp3) is 0.600. The molecule has 0 saturated heterocycles. The molecule has 0 spiro atoms. The molecule has 0 atom stereocenters. The van der Waals surface area contributed by atoms with Gasteiger partial charge in [0, 0.05) is 6.04 Å². The van der Waals surface area contributed by atoms with E-state index in [2.05, 4.69) is 24.1 Å². The smallest absolute Gasteiger partial charge is 0.337 e. The summed E-state index contributed by atoms with van der Waals surface area (Å²) in [6.07, 6.45) is 4.73. The molecule has 1 heterocycles. The number of anilines is 1. The van der Waals surface area contributed by atoms with Crippen LogP contribution in [0.25, 0.3) is 0 Å². The molecule has 104 valence electrons. The summed E-state index contributed by atoms with van der Waals surface area (Å²) in [6.45, 7) is 6.36. The van der Waals surface area contributed by atoms with E-state index in [0.29, 0.717) is 17.2 Å². The SMILES string of the molecule is Cc1nc(NC2CCC(C)(C)CC2)ccc1C(=O)O. The molecular weight excluding hydrogens is 240 g/mol. The second-order valence-electron chi connectivity index (χ2n) is 6.22. The number of aryl methyl sites for hydroxylation is 1. The molecule has 1 aliphatic rings. The van der Waals surface area contributed by atoms with Gasteiger partial charge in [0.15, 0.2) is 0 Å². The van der Waals surface area contributed by atoms with E-state index in [4.69, 9.17) is 5.11 Å². The quantitative estimate of drug-likeness (QED) is 0.875. The molecule has 0 bridgehead atoms. The van der Waals surface area contributed by atoms with E-state index in [0.717, 1.165) is 18.7 Å². The molecular formula is C15H22N2O2. The molecule has 2 rings (SSSR count). The molecule has 0 amide bonds. The summed E-state index contributed by atoms with van der Waals surface area (Å²) in [5, 5.41) is 12.4. The minimum Gasteiger partial charge on any atom is -0.478 e. The van der Waals surface area contributed by atoms with Gasteiger partial charge in [0.1, 0.15) is 5.82 Å². The summed E-state index contributed by atoms with van der Waals surface area (Å²) in [5.74, 6) is -0.136. The topological polar surface area (TPSA) is 62.2 Å².